The number of thioether (sulfide) groups is 1. The van der Waals surface area contributed by atoms with E-state index in [1.54, 1.807) is 0 Å². The summed E-state index contributed by atoms with van der Waals surface area (Å²) < 4.78 is 0. The molecule has 1 amide bonds. The van der Waals surface area contributed by atoms with Gasteiger partial charge in [-0.3, -0.25) is 4.79 Å². The zero-order valence-electron chi connectivity index (χ0n) is 11.4. The van der Waals surface area contributed by atoms with Crippen molar-refractivity contribution in [3.8, 4) is 0 Å². The first kappa shape index (κ1) is 14.8. The average molecular weight is 258 g/mol. The Hall–Kier alpha value is -0.220. The van der Waals surface area contributed by atoms with E-state index in [2.05, 4.69) is 18.5 Å². The van der Waals surface area contributed by atoms with Gasteiger partial charge in [0, 0.05) is 20.1 Å². The third kappa shape index (κ3) is 3.88. The molecule has 0 aromatic heterocycles. The Morgan fingerprint density at radius 3 is 2.82 bits per heavy atom. The van der Waals surface area contributed by atoms with Crippen molar-refractivity contribution in [2.45, 2.75) is 32.6 Å². The molecule has 0 aromatic rings. The van der Waals surface area contributed by atoms with E-state index in [0.29, 0.717) is 5.91 Å². The summed E-state index contributed by atoms with van der Waals surface area (Å²) in [5.41, 5.74) is -0.133. The van der Waals surface area contributed by atoms with E-state index in [9.17, 15) is 4.79 Å². The molecule has 100 valence electrons. The number of nitrogens with zero attached hydrogens (tertiary/aromatic N) is 1. The third-order valence-corrected chi connectivity index (χ3v) is 4.49. The molecule has 0 saturated carbocycles. The van der Waals surface area contributed by atoms with Gasteiger partial charge in [-0.2, -0.15) is 11.8 Å². The highest BCUT2D eigenvalue weighted by Crippen LogP contribution is 2.32. The Morgan fingerprint density at radius 1 is 1.53 bits per heavy atom. The van der Waals surface area contributed by atoms with Crippen LogP contribution in [0.25, 0.3) is 0 Å². The van der Waals surface area contributed by atoms with E-state index in [-0.39, 0.29) is 5.41 Å². The first-order valence-electron chi connectivity index (χ1n) is 6.61. The second-order valence-electron chi connectivity index (χ2n) is 4.99. The summed E-state index contributed by atoms with van der Waals surface area (Å²) in [6.45, 7) is 4.95. The van der Waals surface area contributed by atoms with Gasteiger partial charge in [0.25, 0.3) is 0 Å². The van der Waals surface area contributed by atoms with Gasteiger partial charge < -0.3 is 10.2 Å². The van der Waals surface area contributed by atoms with Crippen molar-refractivity contribution in [3.05, 3.63) is 0 Å². The van der Waals surface area contributed by atoms with Crippen LogP contribution in [0.3, 0.4) is 0 Å². The molecule has 0 aromatic carbocycles. The Balaban J connectivity index is 2.52. The lowest BCUT2D eigenvalue weighted by Crippen LogP contribution is -2.50. The molecule has 1 saturated heterocycles. The second-order valence-corrected chi connectivity index (χ2v) is 5.97. The van der Waals surface area contributed by atoms with Gasteiger partial charge in [-0.05, 0) is 44.2 Å². The number of amides is 1. The Bertz CT molecular complexity index is 240. The number of hydrogen-bond acceptors (Lipinski definition) is 3. The predicted octanol–water partition coefficient (Wildman–Crippen LogP) is 1.98. The van der Waals surface area contributed by atoms with Crippen LogP contribution in [0.15, 0.2) is 0 Å². The van der Waals surface area contributed by atoms with Crippen LogP contribution in [-0.2, 0) is 4.79 Å². The van der Waals surface area contributed by atoms with Crippen LogP contribution in [0, 0.1) is 5.41 Å². The number of nitrogens with one attached hydrogen (secondary N) is 1. The normalized spacial score (nSPS) is 24.6. The lowest BCUT2D eigenvalue weighted by molar-refractivity contribution is -0.142. The summed E-state index contributed by atoms with van der Waals surface area (Å²) in [5.74, 6) is 1.47. The van der Waals surface area contributed by atoms with Crippen LogP contribution >= 0.6 is 11.8 Å². The lowest BCUT2D eigenvalue weighted by atomic mass is 9.77. The van der Waals surface area contributed by atoms with Gasteiger partial charge in [0.15, 0.2) is 0 Å². The molecule has 0 spiro atoms. The smallest absolute Gasteiger partial charge is 0.229 e. The zero-order chi connectivity index (χ0) is 12.7. The van der Waals surface area contributed by atoms with Gasteiger partial charge in [-0.25, -0.2) is 0 Å². The molecule has 17 heavy (non-hydrogen) atoms. The summed E-state index contributed by atoms with van der Waals surface area (Å²) >= 11 is 1.85. The minimum absolute atomic E-state index is 0.133. The Morgan fingerprint density at radius 2 is 2.29 bits per heavy atom. The summed E-state index contributed by atoms with van der Waals surface area (Å²) in [4.78, 5) is 14.5. The van der Waals surface area contributed by atoms with Gasteiger partial charge in [-0.1, -0.05) is 6.92 Å². The summed E-state index contributed by atoms with van der Waals surface area (Å²) in [6, 6.07) is 0. The standard InChI is InChI=1S/C13H26N2OS/c1-4-13(7-5-8-14-11-13)12(16)15(2)9-6-10-17-3/h14H,4-11H2,1-3H3. The molecular weight excluding hydrogens is 232 g/mol. The minimum atomic E-state index is -0.133. The van der Waals surface area contributed by atoms with E-state index >= 15 is 0 Å². The highest BCUT2D eigenvalue weighted by molar-refractivity contribution is 7.98. The lowest BCUT2D eigenvalue weighted by Gasteiger charge is -2.38. The number of carbonyl (C=O) groups is 1. The van der Waals surface area contributed by atoms with Crippen molar-refractivity contribution in [3.63, 3.8) is 0 Å². The molecular formula is C13H26N2OS. The molecule has 1 N–H and O–H groups in total. The second kappa shape index (κ2) is 7.27. The maximum absolute atomic E-state index is 12.5. The van der Waals surface area contributed by atoms with Crippen molar-refractivity contribution < 1.29 is 4.79 Å². The Kier molecular flexibility index (Phi) is 6.34. The maximum Gasteiger partial charge on any atom is 0.229 e. The van der Waals surface area contributed by atoms with Crippen LogP contribution in [-0.4, -0.2) is 49.5 Å². The van der Waals surface area contributed by atoms with E-state index in [4.69, 9.17) is 0 Å². The first-order chi connectivity index (χ1) is 8.16. The van der Waals surface area contributed by atoms with E-state index in [0.717, 1.165) is 51.1 Å². The van der Waals surface area contributed by atoms with Crippen molar-refractivity contribution in [1.29, 1.82) is 0 Å². The molecule has 1 atom stereocenters. The van der Waals surface area contributed by atoms with Crippen molar-refractivity contribution in [1.82, 2.24) is 10.2 Å². The van der Waals surface area contributed by atoms with Gasteiger partial charge in [0.2, 0.25) is 5.91 Å². The average Bonchev–Trinajstić information content (AvgIpc) is 2.38. The fraction of sp³-hybridized carbons (Fsp3) is 0.923. The molecule has 0 aliphatic carbocycles. The molecule has 1 rings (SSSR count). The molecule has 3 nitrogen and oxygen atoms in total. The van der Waals surface area contributed by atoms with Crippen molar-refractivity contribution in [2.75, 3.05) is 38.7 Å². The van der Waals surface area contributed by atoms with E-state index < -0.39 is 0 Å². The number of carbonyl (C=O) groups excluding carboxylic acids is 1. The van der Waals surface area contributed by atoms with Crippen LogP contribution < -0.4 is 5.32 Å². The van der Waals surface area contributed by atoms with E-state index in [1.165, 1.54) is 0 Å². The quantitative estimate of drug-likeness (QED) is 0.739. The predicted molar refractivity (Wildman–Crippen MR) is 75.5 cm³/mol. The van der Waals surface area contributed by atoms with Crippen LogP contribution in [0.5, 0.6) is 0 Å². The minimum Gasteiger partial charge on any atom is -0.345 e. The van der Waals surface area contributed by atoms with E-state index in [1.807, 2.05) is 23.7 Å². The molecule has 1 heterocycles. The number of piperidine rings is 1. The molecule has 1 aliphatic heterocycles. The maximum atomic E-state index is 12.5. The van der Waals surface area contributed by atoms with Gasteiger partial charge in [0.05, 0.1) is 5.41 Å². The Labute approximate surface area is 110 Å². The number of rotatable bonds is 6. The summed E-state index contributed by atoms with van der Waals surface area (Å²) in [6.07, 6.45) is 6.32. The molecule has 1 unspecified atom stereocenters. The van der Waals surface area contributed by atoms with Crippen LogP contribution in [0.1, 0.15) is 32.6 Å². The molecule has 0 radical (unpaired) electrons. The first-order valence-corrected chi connectivity index (χ1v) is 8.01. The van der Waals surface area contributed by atoms with Crippen molar-refractivity contribution >= 4 is 17.7 Å². The van der Waals surface area contributed by atoms with Gasteiger partial charge >= 0.3 is 0 Å². The number of hydrogen-bond donors (Lipinski definition) is 1. The monoisotopic (exact) mass is 258 g/mol. The highest BCUT2D eigenvalue weighted by atomic mass is 32.2. The molecule has 1 fully saturated rings. The summed E-state index contributed by atoms with van der Waals surface area (Å²) in [5, 5.41) is 3.38. The molecule has 1 aliphatic rings. The van der Waals surface area contributed by atoms with Gasteiger partial charge in [0.1, 0.15) is 0 Å². The summed E-state index contributed by atoms with van der Waals surface area (Å²) in [7, 11) is 1.95. The largest absolute Gasteiger partial charge is 0.345 e. The topological polar surface area (TPSA) is 32.3 Å². The highest BCUT2D eigenvalue weighted by Gasteiger charge is 2.39. The fourth-order valence-corrected chi connectivity index (χ4v) is 2.97. The van der Waals surface area contributed by atoms with Gasteiger partial charge in [-0.15, -0.1) is 0 Å². The van der Waals surface area contributed by atoms with Crippen LogP contribution in [0.4, 0.5) is 0 Å². The SMILES string of the molecule is CCC1(C(=O)N(C)CCCSC)CCCNC1. The van der Waals surface area contributed by atoms with Crippen molar-refractivity contribution in [2.24, 2.45) is 5.41 Å². The zero-order valence-corrected chi connectivity index (χ0v) is 12.2. The molecule has 4 heteroatoms. The third-order valence-electron chi connectivity index (χ3n) is 3.79. The fourth-order valence-electron chi connectivity index (χ4n) is 2.56. The molecule has 0 bridgehead atoms. The van der Waals surface area contributed by atoms with Crippen LogP contribution in [0.2, 0.25) is 0 Å².